The molecule has 0 atom stereocenters. The summed E-state index contributed by atoms with van der Waals surface area (Å²) in [6.07, 6.45) is -7.64. The number of halogens is 7. The molecule has 0 unspecified atom stereocenters. The van der Waals surface area contributed by atoms with Crippen LogP contribution in [-0.4, -0.2) is 6.36 Å². The van der Waals surface area contributed by atoms with E-state index in [1.165, 1.54) is 0 Å². The van der Waals surface area contributed by atoms with Gasteiger partial charge in [-0.1, -0.05) is 37.6 Å². The van der Waals surface area contributed by atoms with Crippen LogP contribution in [0.15, 0.2) is 60.7 Å². The highest BCUT2D eigenvalue weighted by Gasteiger charge is 2.41. The molecule has 0 fully saturated rings. The highest BCUT2D eigenvalue weighted by Crippen LogP contribution is 2.37. The van der Waals surface area contributed by atoms with Gasteiger partial charge in [0.25, 0.3) is 0 Å². The Kier molecular flexibility index (Phi) is 6.66. The van der Waals surface area contributed by atoms with Crippen LogP contribution in [-0.2, 0) is 12.5 Å². The predicted molar refractivity (Wildman–Crippen MR) is 103 cm³/mol. The maximum Gasteiger partial charge on any atom is 0.573 e. The highest BCUT2D eigenvalue weighted by molar-refractivity contribution is 5.64. The second-order valence-corrected chi connectivity index (χ2v) is 6.90. The molecule has 0 saturated heterocycles. The van der Waals surface area contributed by atoms with Crippen molar-refractivity contribution in [3.8, 4) is 22.6 Å². The lowest BCUT2D eigenvalue weighted by atomic mass is 10.00. The van der Waals surface area contributed by atoms with Crippen LogP contribution in [0.4, 0.5) is 30.7 Å². The monoisotopic (exact) mass is 458 g/mol. The van der Waals surface area contributed by atoms with Crippen molar-refractivity contribution >= 4 is 0 Å². The molecule has 170 valence electrons. The summed E-state index contributed by atoms with van der Waals surface area (Å²) < 4.78 is 103. The molecule has 0 radical (unpaired) electrons. The van der Waals surface area contributed by atoms with E-state index in [9.17, 15) is 30.7 Å². The zero-order valence-electron chi connectivity index (χ0n) is 16.6. The molecule has 0 spiro atoms. The molecule has 0 aromatic heterocycles. The van der Waals surface area contributed by atoms with E-state index in [0.717, 1.165) is 54.8 Å². The first-order chi connectivity index (χ1) is 15.0. The average molecular weight is 458 g/mol. The van der Waals surface area contributed by atoms with E-state index in [1.54, 1.807) is 24.3 Å². The second-order valence-electron chi connectivity index (χ2n) is 6.90. The van der Waals surface area contributed by atoms with E-state index in [2.05, 4.69) is 9.47 Å². The molecule has 0 heterocycles. The first kappa shape index (κ1) is 23.4. The Bertz CT molecular complexity index is 1040. The number of hydrogen-bond donors (Lipinski definition) is 0. The summed E-state index contributed by atoms with van der Waals surface area (Å²) >= 11 is 0. The van der Waals surface area contributed by atoms with Crippen molar-refractivity contribution in [2.75, 3.05) is 0 Å². The van der Waals surface area contributed by atoms with Crippen LogP contribution in [0.5, 0.6) is 11.5 Å². The van der Waals surface area contributed by atoms with Crippen LogP contribution in [0.3, 0.4) is 0 Å². The number of aryl methyl sites for hydroxylation is 1. The second kappa shape index (κ2) is 9.10. The smallest absolute Gasteiger partial charge is 0.429 e. The van der Waals surface area contributed by atoms with Gasteiger partial charge in [-0.25, -0.2) is 8.78 Å². The van der Waals surface area contributed by atoms with Crippen LogP contribution in [0.2, 0.25) is 0 Å². The van der Waals surface area contributed by atoms with Crippen LogP contribution >= 0.6 is 0 Å². The van der Waals surface area contributed by atoms with Crippen LogP contribution < -0.4 is 9.47 Å². The summed E-state index contributed by atoms with van der Waals surface area (Å²) in [6.45, 7) is 2.00. The number of hydrogen-bond acceptors (Lipinski definition) is 2. The van der Waals surface area contributed by atoms with Crippen LogP contribution in [0.25, 0.3) is 11.1 Å². The Morgan fingerprint density at radius 1 is 0.688 bits per heavy atom. The van der Waals surface area contributed by atoms with Crippen molar-refractivity contribution in [3.05, 3.63) is 83.4 Å². The quantitative estimate of drug-likeness (QED) is 0.339. The fraction of sp³-hybridized carbons (Fsp3) is 0.217. The zero-order valence-corrected chi connectivity index (χ0v) is 16.6. The summed E-state index contributed by atoms with van der Waals surface area (Å²) in [6, 6.07) is 11.4. The lowest BCUT2D eigenvalue weighted by Gasteiger charge is -2.20. The van der Waals surface area contributed by atoms with Crippen molar-refractivity contribution in [2.45, 2.75) is 32.2 Å². The van der Waals surface area contributed by atoms with Crippen molar-refractivity contribution in [2.24, 2.45) is 0 Å². The Labute approximate surface area is 179 Å². The Hall–Kier alpha value is -3.23. The summed E-state index contributed by atoms with van der Waals surface area (Å²) in [7, 11) is 0. The SMILES string of the molecule is CCCc1ccc(-c2cc(F)c(C(F)(F)Oc3ccc(OC(F)(F)F)cc3)c(F)c2)cc1. The largest absolute Gasteiger partial charge is 0.573 e. The molecule has 3 aromatic carbocycles. The molecule has 9 heteroatoms. The molecule has 0 aliphatic carbocycles. The number of benzene rings is 3. The number of ether oxygens (including phenoxy) is 2. The molecule has 0 saturated carbocycles. The van der Waals surface area contributed by atoms with Crippen molar-refractivity contribution in [1.82, 2.24) is 0 Å². The van der Waals surface area contributed by atoms with Crippen molar-refractivity contribution in [3.63, 3.8) is 0 Å². The minimum Gasteiger partial charge on any atom is -0.429 e. The Morgan fingerprint density at radius 2 is 1.19 bits per heavy atom. The zero-order chi connectivity index (χ0) is 23.5. The lowest BCUT2D eigenvalue weighted by Crippen LogP contribution is -2.25. The summed E-state index contributed by atoms with van der Waals surface area (Å²) in [4.78, 5) is 0. The Balaban J connectivity index is 1.83. The molecule has 32 heavy (non-hydrogen) atoms. The van der Waals surface area contributed by atoms with E-state index >= 15 is 0 Å². The predicted octanol–water partition coefficient (Wildman–Crippen LogP) is 7.61. The molecular formula is C23H17F7O2. The normalized spacial score (nSPS) is 12.0. The van der Waals surface area contributed by atoms with E-state index in [0.29, 0.717) is 5.56 Å². The maximum absolute atomic E-state index is 14.5. The number of rotatable bonds is 7. The van der Waals surface area contributed by atoms with E-state index in [4.69, 9.17) is 0 Å². The van der Waals surface area contributed by atoms with Crippen molar-refractivity contribution < 1.29 is 40.2 Å². The third kappa shape index (κ3) is 5.72. The molecule has 0 N–H and O–H groups in total. The van der Waals surface area contributed by atoms with E-state index in [-0.39, 0.29) is 5.56 Å². The van der Waals surface area contributed by atoms with Gasteiger partial charge in [-0.2, -0.15) is 8.78 Å². The third-order valence-corrected chi connectivity index (χ3v) is 4.46. The molecule has 0 amide bonds. The Morgan fingerprint density at radius 3 is 1.66 bits per heavy atom. The van der Waals surface area contributed by atoms with Gasteiger partial charge in [0.15, 0.2) is 0 Å². The third-order valence-electron chi connectivity index (χ3n) is 4.46. The summed E-state index contributed by atoms with van der Waals surface area (Å²) in [5.41, 5.74) is -0.0742. The van der Waals surface area contributed by atoms with Gasteiger partial charge in [-0.3, -0.25) is 0 Å². The molecule has 0 bridgehead atoms. The van der Waals surface area contributed by atoms with Gasteiger partial charge in [-0.05, 0) is 59.5 Å². The molecule has 3 aromatic rings. The molecule has 0 aliphatic heterocycles. The van der Waals surface area contributed by atoms with Crippen LogP contribution in [0, 0.1) is 11.6 Å². The van der Waals surface area contributed by atoms with Gasteiger partial charge < -0.3 is 9.47 Å². The van der Waals surface area contributed by atoms with E-state index in [1.807, 2.05) is 6.92 Å². The highest BCUT2D eigenvalue weighted by atomic mass is 19.4. The molecule has 3 rings (SSSR count). The molecule has 2 nitrogen and oxygen atoms in total. The van der Waals surface area contributed by atoms with E-state index < -0.39 is 41.2 Å². The first-order valence-corrected chi connectivity index (χ1v) is 9.50. The first-order valence-electron chi connectivity index (χ1n) is 9.50. The molecule has 0 aliphatic rings. The fourth-order valence-electron chi connectivity index (χ4n) is 3.08. The lowest BCUT2D eigenvalue weighted by molar-refractivity contribution is -0.274. The maximum atomic E-state index is 14.5. The standard InChI is InChI=1S/C23H17F7O2/c1-2-3-14-4-6-15(7-5-14)16-12-19(24)21(20(25)13-16)22(26,27)31-17-8-10-18(11-9-17)32-23(28,29)30/h4-13H,2-3H2,1H3. The minimum absolute atomic E-state index is 0.0660. The number of alkyl halides is 5. The summed E-state index contributed by atoms with van der Waals surface area (Å²) in [5.74, 6) is -4.34. The fourth-order valence-corrected chi connectivity index (χ4v) is 3.08. The summed E-state index contributed by atoms with van der Waals surface area (Å²) in [5, 5.41) is 0. The van der Waals surface area contributed by atoms with Gasteiger partial charge in [0.1, 0.15) is 28.7 Å². The van der Waals surface area contributed by atoms with Gasteiger partial charge in [0.05, 0.1) is 0 Å². The van der Waals surface area contributed by atoms with Crippen molar-refractivity contribution in [1.29, 1.82) is 0 Å². The van der Waals surface area contributed by atoms with Gasteiger partial charge in [-0.15, -0.1) is 13.2 Å². The van der Waals surface area contributed by atoms with Crippen LogP contribution in [0.1, 0.15) is 24.5 Å². The van der Waals surface area contributed by atoms with Gasteiger partial charge in [0, 0.05) is 0 Å². The molecular weight excluding hydrogens is 441 g/mol. The van der Waals surface area contributed by atoms with Gasteiger partial charge in [0.2, 0.25) is 0 Å². The minimum atomic E-state index is -4.96. The van der Waals surface area contributed by atoms with Gasteiger partial charge >= 0.3 is 12.5 Å². The average Bonchev–Trinajstić information content (AvgIpc) is 2.68. The topological polar surface area (TPSA) is 18.5 Å².